The highest BCUT2D eigenvalue weighted by atomic mass is 15.1. The van der Waals surface area contributed by atoms with Crippen molar-refractivity contribution in [2.45, 2.75) is 81.1 Å². The molecule has 0 amide bonds. The third-order valence-corrected chi connectivity index (χ3v) is 5.86. The van der Waals surface area contributed by atoms with Crippen LogP contribution in [0.2, 0.25) is 0 Å². The molecule has 188 valence electrons. The summed E-state index contributed by atoms with van der Waals surface area (Å²) in [5.74, 6) is 0. The molecule has 2 aliphatic rings. The molecule has 0 bridgehead atoms. The highest BCUT2D eigenvalue weighted by molar-refractivity contribution is 5.74. The van der Waals surface area contributed by atoms with Gasteiger partial charge in [0.05, 0.1) is 0 Å². The van der Waals surface area contributed by atoms with Crippen LogP contribution in [-0.2, 0) is 0 Å². The van der Waals surface area contributed by atoms with Crippen LogP contribution in [0.5, 0.6) is 0 Å². The van der Waals surface area contributed by atoms with Crippen molar-refractivity contribution in [3.8, 4) is 0 Å². The van der Waals surface area contributed by atoms with Crippen LogP contribution in [-0.4, -0.2) is 0 Å². The Morgan fingerprint density at radius 1 is 0.629 bits per heavy atom. The zero-order valence-corrected chi connectivity index (χ0v) is 23.5. The summed E-state index contributed by atoms with van der Waals surface area (Å²) < 4.78 is 0. The number of allylic oxidation sites excluding steroid dienone is 9. The van der Waals surface area contributed by atoms with Gasteiger partial charge in [0, 0.05) is 17.1 Å². The Morgan fingerprint density at radius 2 is 1.20 bits per heavy atom. The van der Waals surface area contributed by atoms with Gasteiger partial charge in [-0.05, 0) is 86.6 Å². The quantitative estimate of drug-likeness (QED) is 0.421. The molecular formula is C34H47N. The molecule has 0 aromatic heterocycles. The lowest BCUT2D eigenvalue weighted by Gasteiger charge is -2.30. The Hall–Kier alpha value is -3.06. The molecule has 0 aliphatic heterocycles. The zero-order chi connectivity index (χ0) is 26.2. The molecule has 0 spiro atoms. The van der Waals surface area contributed by atoms with Crippen molar-refractivity contribution in [3.05, 3.63) is 113 Å². The Balaban J connectivity index is 0.000000949. The summed E-state index contributed by atoms with van der Waals surface area (Å²) in [4.78, 5) is 2.40. The zero-order valence-electron chi connectivity index (χ0n) is 23.5. The minimum Gasteiger partial charge on any atom is -0.314 e. The summed E-state index contributed by atoms with van der Waals surface area (Å²) in [6.07, 6.45) is 15.3. The molecule has 2 aliphatic carbocycles. The molecule has 0 atom stereocenters. The van der Waals surface area contributed by atoms with Gasteiger partial charge in [-0.15, -0.1) is 0 Å². The standard InChI is InChI=1S/C28H29N.3C2H6/c1-4-23-9-11-24(12-10-23)25-13-19-28(20-14-25)29(26-15-5-21(2)6-16-26)27-17-7-22(3)8-18-27;3*1-2/h4-7,9,11,13-17,19-20H,1,8,10,12,18H2,2-3H3;3*1-2H3. The molecule has 0 unspecified atom stereocenters. The summed E-state index contributed by atoms with van der Waals surface area (Å²) in [7, 11) is 0. The van der Waals surface area contributed by atoms with Gasteiger partial charge in [-0.2, -0.15) is 0 Å². The van der Waals surface area contributed by atoms with Gasteiger partial charge < -0.3 is 4.90 Å². The highest BCUT2D eigenvalue weighted by Gasteiger charge is 2.17. The van der Waals surface area contributed by atoms with E-state index in [4.69, 9.17) is 0 Å². The maximum Gasteiger partial charge on any atom is 0.0458 e. The summed E-state index contributed by atoms with van der Waals surface area (Å²) in [6.45, 7) is 20.2. The second kappa shape index (κ2) is 16.5. The van der Waals surface area contributed by atoms with E-state index < -0.39 is 0 Å². The first kappa shape index (κ1) is 30.0. The maximum atomic E-state index is 3.88. The average molecular weight is 470 g/mol. The summed E-state index contributed by atoms with van der Waals surface area (Å²) in [5, 5.41) is 0. The van der Waals surface area contributed by atoms with Gasteiger partial charge in [-0.1, -0.05) is 108 Å². The Kier molecular flexibility index (Phi) is 14.2. The van der Waals surface area contributed by atoms with E-state index in [0.29, 0.717) is 0 Å². The monoisotopic (exact) mass is 469 g/mol. The minimum atomic E-state index is 1.07. The fraction of sp³-hybridized carbons (Fsp3) is 0.353. The summed E-state index contributed by atoms with van der Waals surface area (Å²) in [5.41, 5.74) is 10.6. The van der Waals surface area contributed by atoms with Crippen molar-refractivity contribution in [3.63, 3.8) is 0 Å². The first-order valence-corrected chi connectivity index (χ1v) is 13.5. The predicted octanol–water partition coefficient (Wildman–Crippen LogP) is 11.1. The molecule has 2 aromatic carbocycles. The van der Waals surface area contributed by atoms with Gasteiger partial charge in [-0.25, -0.2) is 0 Å². The van der Waals surface area contributed by atoms with Gasteiger partial charge in [0.25, 0.3) is 0 Å². The van der Waals surface area contributed by atoms with E-state index in [0.717, 1.165) is 25.7 Å². The van der Waals surface area contributed by atoms with Gasteiger partial charge in [0.2, 0.25) is 0 Å². The fourth-order valence-electron chi connectivity index (χ4n) is 3.98. The summed E-state index contributed by atoms with van der Waals surface area (Å²) in [6, 6.07) is 17.9. The summed E-state index contributed by atoms with van der Waals surface area (Å²) >= 11 is 0. The minimum absolute atomic E-state index is 1.07. The van der Waals surface area contributed by atoms with Crippen LogP contribution < -0.4 is 4.90 Å². The van der Waals surface area contributed by atoms with E-state index in [2.05, 4.69) is 98.2 Å². The van der Waals surface area contributed by atoms with Crippen molar-refractivity contribution in [2.75, 3.05) is 4.90 Å². The Morgan fingerprint density at radius 3 is 1.66 bits per heavy atom. The van der Waals surface area contributed by atoms with Crippen LogP contribution in [0.25, 0.3) is 5.57 Å². The molecule has 0 saturated heterocycles. The normalized spacial score (nSPS) is 14.1. The molecule has 1 nitrogen and oxygen atoms in total. The van der Waals surface area contributed by atoms with Gasteiger partial charge in [-0.3, -0.25) is 0 Å². The van der Waals surface area contributed by atoms with Gasteiger partial charge in [0.15, 0.2) is 0 Å². The van der Waals surface area contributed by atoms with Crippen LogP contribution in [0.15, 0.2) is 102 Å². The molecule has 1 heteroatoms. The van der Waals surface area contributed by atoms with Crippen LogP contribution in [0.3, 0.4) is 0 Å². The SMILES string of the molecule is C=CC1=CC=C(c2ccc(N(C3=CC=C(C)CC3)c3ccc(C)cc3)cc2)CC1.CC.CC.CC. The van der Waals surface area contributed by atoms with Crippen LogP contribution in [0, 0.1) is 6.92 Å². The second-order valence-electron chi connectivity index (χ2n) is 8.03. The van der Waals surface area contributed by atoms with Crippen molar-refractivity contribution < 1.29 is 0 Å². The average Bonchev–Trinajstić information content (AvgIpc) is 2.95. The first-order chi connectivity index (χ1) is 17.1. The first-order valence-electron chi connectivity index (χ1n) is 13.5. The Labute approximate surface area is 216 Å². The van der Waals surface area contributed by atoms with Crippen molar-refractivity contribution in [1.82, 2.24) is 0 Å². The molecular weight excluding hydrogens is 422 g/mol. The largest absolute Gasteiger partial charge is 0.314 e. The Bertz CT molecular complexity index is 1010. The molecule has 0 saturated carbocycles. The third kappa shape index (κ3) is 8.58. The topological polar surface area (TPSA) is 3.24 Å². The number of aryl methyl sites for hydroxylation is 1. The molecule has 0 radical (unpaired) electrons. The van der Waals surface area contributed by atoms with Crippen LogP contribution >= 0.6 is 0 Å². The van der Waals surface area contributed by atoms with Crippen molar-refractivity contribution >= 4 is 16.9 Å². The van der Waals surface area contributed by atoms with E-state index in [-0.39, 0.29) is 0 Å². The van der Waals surface area contributed by atoms with E-state index in [1.165, 1.54) is 44.9 Å². The molecule has 4 rings (SSSR count). The molecule has 35 heavy (non-hydrogen) atoms. The van der Waals surface area contributed by atoms with E-state index >= 15 is 0 Å². The predicted molar refractivity (Wildman–Crippen MR) is 160 cm³/mol. The molecule has 0 N–H and O–H groups in total. The number of hydrogen-bond acceptors (Lipinski definition) is 1. The van der Waals surface area contributed by atoms with Crippen molar-refractivity contribution in [2.24, 2.45) is 0 Å². The number of hydrogen-bond donors (Lipinski definition) is 0. The number of rotatable bonds is 5. The second-order valence-corrected chi connectivity index (χ2v) is 8.03. The number of nitrogens with zero attached hydrogens (tertiary/aromatic N) is 1. The third-order valence-electron chi connectivity index (χ3n) is 5.86. The lowest BCUT2D eigenvalue weighted by atomic mass is 9.93. The van der Waals surface area contributed by atoms with Crippen LogP contribution in [0.4, 0.5) is 11.4 Å². The lowest BCUT2D eigenvalue weighted by molar-refractivity contribution is 0.874. The van der Waals surface area contributed by atoms with Gasteiger partial charge >= 0.3 is 0 Å². The molecule has 0 heterocycles. The highest BCUT2D eigenvalue weighted by Crippen LogP contribution is 2.35. The van der Waals surface area contributed by atoms with Crippen molar-refractivity contribution in [1.29, 1.82) is 0 Å². The number of benzene rings is 2. The maximum absolute atomic E-state index is 3.88. The van der Waals surface area contributed by atoms with Gasteiger partial charge in [0.1, 0.15) is 0 Å². The fourth-order valence-corrected chi connectivity index (χ4v) is 3.98. The number of anilines is 2. The smallest absolute Gasteiger partial charge is 0.0458 e. The van der Waals surface area contributed by atoms with E-state index in [1.807, 2.05) is 47.6 Å². The van der Waals surface area contributed by atoms with E-state index in [9.17, 15) is 0 Å². The van der Waals surface area contributed by atoms with Crippen LogP contribution in [0.1, 0.15) is 85.3 Å². The molecule has 2 aromatic rings. The molecule has 0 fully saturated rings. The lowest BCUT2D eigenvalue weighted by Crippen LogP contribution is -2.17. The van der Waals surface area contributed by atoms with E-state index in [1.54, 1.807) is 0 Å².